The summed E-state index contributed by atoms with van der Waals surface area (Å²) in [5, 5.41) is 14.6. The van der Waals surface area contributed by atoms with E-state index in [1.54, 1.807) is 29.7 Å². The molecule has 2 aliphatic rings. The van der Waals surface area contributed by atoms with E-state index in [1.165, 1.54) is 0 Å². The van der Waals surface area contributed by atoms with Gasteiger partial charge in [0.1, 0.15) is 0 Å². The van der Waals surface area contributed by atoms with Crippen LogP contribution >= 0.6 is 23.5 Å². The molecule has 0 radical (unpaired) electrons. The summed E-state index contributed by atoms with van der Waals surface area (Å²) in [6, 6.07) is 14.3. The van der Waals surface area contributed by atoms with Crippen LogP contribution in [0.4, 0.5) is 0 Å². The first-order valence-electron chi connectivity index (χ1n) is 10.6. The molecule has 32 heavy (non-hydrogen) atoms. The molecule has 1 aliphatic carbocycles. The molecular weight excluding hydrogens is 440 g/mol. The zero-order valence-corrected chi connectivity index (χ0v) is 18.8. The highest BCUT2D eigenvalue weighted by Gasteiger charge is 2.29. The van der Waals surface area contributed by atoms with Crippen LogP contribution in [0, 0.1) is 0 Å². The number of pyridine rings is 2. The van der Waals surface area contributed by atoms with Crippen molar-refractivity contribution in [2.24, 2.45) is 0 Å². The minimum absolute atomic E-state index is 0.00988. The summed E-state index contributed by atoms with van der Waals surface area (Å²) >= 11 is 3.40. The van der Waals surface area contributed by atoms with Crippen molar-refractivity contribution in [2.75, 3.05) is 11.5 Å². The van der Waals surface area contributed by atoms with Crippen molar-refractivity contribution in [3.05, 3.63) is 60.4 Å². The van der Waals surface area contributed by atoms with Gasteiger partial charge in [-0.25, -0.2) is 4.98 Å². The summed E-state index contributed by atoms with van der Waals surface area (Å²) in [7, 11) is 0. The number of nitrogens with one attached hydrogen (secondary N) is 1. The topological polar surface area (TPSA) is 85.6 Å². The van der Waals surface area contributed by atoms with Gasteiger partial charge in [0.05, 0.1) is 22.1 Å². The monoisotopic (exact) mass is 460 g/mol. The Hall–Kier alpha value is -2.91. The quantitative estimate of drug-likeness (QED) is 0.431. The fraction of sp³-hybridized carbons (Fsp3) is 0.261. The van der Waals surface area contributed by atoms with Gasteiger partial charge in [-0.2, -0.15) is 0 Å². The number of hydrogen-bond donors (Lipinski definition) is 1. The van der Waals surface area contributed by atoms with Crippen molar-refractivity contribution < 1.29 is 4.79 Å². The van der Waals surface area contributed by atoms with E-state index < -0.39 is 0 Å². The Morgan fingerprint density at radius 1 is 1.19 bits per heavy atom. The molecule has 1 atom stereocenters. The Balaban J connectivity index is 1.27. The zero-order chi connectivity index (χ0) is 21.5. The molecule has 160 valence electrons. The lowest BCUT2D eigenvalue weighted by Crippen LogP contribution is -2.25. The first kappa shape index (κ1) is 19.8. The Morgan fingerprint density at radius 2 is 2.09 bits per heavy atom. The van der Waals surface area contributed by atoms with Crippen molar-refractivity contribution in [1.29, 1.82) is 0 Å². The van der Waals surface area contributed by atoms with Gasteiger partial charge in [-0.3, -0.25) is 14.3 Å². The summed E-state index contributed by atoms with van der Waals surface area (Å²) in [5.41, 5.74) is 2.51. The molecule has 3 aromatic heterocycles. The number of benzene rings is 1. The predicted octanol–water partition coefficient (Wildman–Crippen LogP) is 4.22. The van der Waals surface area contributed by atoms with Crippen LogP contribution in [-0.4, -0.2) is 48.2 Å². The largest absolute Gasteiger partial charge is 0.349 e. The highest BCUT2D eigenvalue weighted by molar-refractivity contribution is 8.00. The standard InChI is InChI=1S/C23H20N6OS2/c30-22(25-15-7-8-15)18-10-20(26-19-6-2-1-5-17(18)19)31-12-16-13-32-23-28-27-21(29(16)23)14-4-3-9-24-11-14/h1-6,9-11,15-16H,7-8,12-13H2,(H,25,30). The van der Waals surface area contributed by atoms with E-state index in [1.807, 2.05) is 48.7 Å². The summed E-state index contributed by atoms with van der Waals surface area (Å²) in [4.78, 5) is 21.9. The SMILES string of the molecule is O=C(NC1CC1)c1cc(SCC2CSc3nnc(-c4cccnc4)n32)nc2ccccc12. The molecule has 0 spiro atoms. The molecular formula is C23H20N6OS2. The first-order valence-corrected chi connectivity index (χ1v) is 12.5. The Labute approximate surface area is 193 Å². The zero-order valence-electron chi connectivity index (χ0n) is 17.1. The fourth-order valence-electron chi connectivity index (χ4n) is 3.85. The molecule has 6 rings (SSSR count). The first-order chi connectivity index (χ1) is 15.8. The molecule has 1 unspecified atom stereocenters. The summed E-state index contributed by atoms with van der Waals surface area (Å²) in [5.74, 6) is 2.60. The summed E-state index contributed by atoms with van der Waals surface area (Å²) in [6.45, 7) is 0. The smallest absolute Gasteiger partial charge is 0.252 e. The lowest BCUT2D eigenvalue weighted by molar-refractivity contribution is 0.0952. The third-order valence-corrected chi connectivity index (χ3v) is 7.77. The Morgan fingerprint density at radius 3 is 2.94 bits per heavy atom. The van der Waals surface area contributed by atoms with Gasteiger partial charge < -0.3 is 5.32 Å². The van der Waals surface area contributed by atoms with E-state index in [0.717, 1.165) is 56.8 Å². The van der Waals surface area contributed by atoms with Gasteiger partial charge in [-0.15, -0.1) is 22.0 Å². The average molecular weight is 461 g/mol. The molecule has 4 heterocycles. The minimum Gasteiger partial charge on any atom is -0.349 e. The van der Waals surface area contributed by atoms with Crippen molar-refractivity contribution in [1.82, 2.24) is 30.0 Å². The lowest BCUT2D eigenvalue weighted by atomic mass is 10.1. The number of amides is 1. The lowest BCUT2D eigenvalue weighted by Gasteiger charge is -2.15. The second-order valence-electron chi connectivity index (χ2n) is 7.97. The van der Waals surface area contributed by atoms with Gasteiger partial charge in [-0.1, -0.05) is 30.0 Å². The van der Waals surface area contributed by atoms with E-state index in [9.17, 15) is 4.79 Å². The predicted molar refractivity (Wildman–Crippen MR) is 126 cm³/mol. The molecule has 7 nitrogen and oxygen atoms in total. The average Bonchev–Trinajstić information content (AvgIpc) is 3.39. The van der Waals surface area contributed by atoms with Gasteiger partial charge >= 0.3 is 0 Å². The van der Waals surface area contributed by atoms with Crippen LogP contribution < -0.4 is 5.32 Å². The molecule has 4 aromatic rings. The highest BCUT2D eigenvalue weighted by atomic mass is 32.2. The third-order valence-electron chi connectivity index (χ3n) is 5.63. The summed E-state index contributed by atoms with van der Waals surface area (Å²) in [6.07, 6.45) is 5.71. The van der Waals surface area contributed by atoms with Crippen molar-refractivity contribution in [2.45, 2.75) is 35.1 Å². The molecule has 1 aromatic carbocycles. The Bertz CT molecular complexity index is 1300. The third kappa shape index (κ3) is 3.75. The molecule has 1 saturated carbocycles. The van der Waals surface area contributed by atoms with E-state index in [2.05, 4.69) is 25.1 Å². The maximum Gasteiger partial charge on any atom is 0.252 e. The van der Waals surface area contributed by atoms with Gasteiger partial charge in [0, 0.05) is 40.9 Å². The summed E-state index contributed by atoms with van der Waals surface area (Å²) < 4.78 is 2.20. The number of para-hydroxylation sites is 1. The second-order valence-corrected chi connectivity index (χ2v) is 9.99. The Kier molecular flexibility index (Phi) is 5.07. The van der Waals surface area contributed by atoms with Crippen LogP contribution in [0.2, 0.25) is 0 Å². The molecule has 1 N–H and O–H groups in total. The van der Waals surface area contributed by atoms with E-state index in [0.29, 0.717) is 11.6 Å². The van der Waals surface area contributed by atoms with Gasteiger partial charge in [0.25, 0.3) is 5.91 Å². The van der Waals surface area contributed by atoms with E-state index in [-0.39, 0.29) is 11.9 Å². The number of rotatable bonds is 6. The minimum atomic E-state index is -0.00988. The maximum atomic E-state index is 12.9. The van der Waals surface area contributed by atoms with Crippen molar-refractivity contribution >= 4 is 40.3 Å². The molecule has 9 heteroatoms. The van der Waals surface area contributed by atoms with Crippen LogP contribution in [0.25, 0.3) is 22.3 Å². The van der Waals surface area contributed by atoms with Gasteiger partial charge in [-0.05, 0) is 37.1 Å². The number of hydrogen-bond acceptors (Lipinski definition) is 7. The van der Waals surface area contributed by atoms with Crippen LogP contribution in [0.1, 0.15) is 29.2 Å². The highest BCUT2D eigenvalue weighted by Crippen LogP contribution is 2.39. The number of aromatic nitrogens is 5. The molecule has 0 bridgehead atoms. The van der Waals surface area contributed by atoms with E-state index >= 15 is 0 Å². The number of nitrogens with zero attached hydrogens (tertiary/aromatic N) is 5. The van der Waals surface area contributed by atoms with E-state index in [4.69, 9.17) is 4.98 Å². The van der Waals surface area contributed by atoms with Gasteiger partial charge in [0.15, 0.2) is 11.0 Å². The second kappa shape index (κ2) is 8.22. The van der Waals surface area contributed by atoms with Crippen LogP contribution in [-0.2, 0) is 0 Å². The van der Waals surface area contributed by atoms with Crippen LogP contribution in [0.15, 0.2) is 65.0 Å². The normalized spacial score (nSPS) is 17.4. The molecule has 1 fully saturated rings. The number of carbonyl (C=O) groups excluding carboxylic acids is 1. The van der Waals surface area contributed by atoms with Gasteiger partial charge in [0.2, 0.25) is 0 Å². The number of fused-ring (bicyclic) bond motifs is 2. The van der Waals surface area contributed by atoms with Crippen LogP contribution in [0.3, 0.4) is 0 Å². The molecule has 1 amide bonds. The molecule has 1 aliphatic heterocycles. The number of carbonyl (C=O) groups is 1. The molecule has 0 saturated heterocycles. The van der Waals surface area contributed by atoms with Crippen molar-refractivity contribution in [3.63, 3.8) is 0 Å². The maximum absolute atomic E-state index is 12.9. The fourth-order valence-corrected chi connectivity index (χ4v) is 6.07. The van der Waals surface area contributed by atoms with Crippen LogP contribution in [0.5, 0.6) is 0 Å². The van der Waals surface area contributed by atoms with Crippen molar-refractivity contribution in [3.8, 4) is 11.4 Å². The number of thioether (sulfide) groups is 2.